The van der Waals surface area contributed by atoms with Crippen molar-refractivity contribution in [2.24, 2.45) is 5.92 Å². The van der Waals surface area contributed by atoms with Gasteiger partial charge in [0, 0.05) is 6.54 Å². The SMILES string of the molecule is COC(=O)c1c(NS(=O)(=O)c2ccc(F)cc2NCCCCN(C)C)ccc(C2CC2C)c1OC. The summed E-state index contributed by atoms with van der Waals surface area (Å²) in [5, 5.41) is 3.03. The highest BCUT2D eigenvalue weighted by Gasteiger charge is 2.38. The van der Waals surface area contributed by atoms with Crippen molar-refractivity contribution in [3.63, 3.8) is 0 Å². The molecule has 1 fully saturated rings. The molecule has 10 heteroatoms. The third-order valence-electron chi connectivity index (χ3n) is 6.11. The molecule has 2 N–H and O–H groups in total. The first-order valence-electron chi connectivity index (χ1n) is 11.6. The molecular weight excluding hydrogens is 473 g/mol. The summed E-state index contributed by atoms with van der Waals surface area (Å²) in [6, 6.07) is 6.76. The first-order valence-corrected chi connectivity index (χ1v) is 13.1. The van der Waals surface area contributed by atoms with E-state index in [-0.39, 0.29) is 27.8 Å². The van der Waals surface area contributed by atoms with Crippen LogP contribution in [0, 0.1) is 11.7 Å². The van der Waals surface area contributed by atoms with E-state index in [4.69, 9.17) is 9.47 Å². The van der Waals surface area contributed by atoms with Gasteiger partial charge in [-0.05, 0) is 81.6 Å². The number of sulfonamides is 1. The van der Waals surface area contributed by atoms with Crippen LogP contribution in [0.15, 0.2) is 35.2 Å². The Balaban J connectivity index is 1.92. The van der Waals surface area contributed by atoms with Crippen LogP contribution in [-0.4, -0.2) is 60.7 Å². The number of ether oxygens (including phenoxy) is 2. The minimum atomic E-state index is -4.19. The van der Waals surface area contributed by atoms with Crippen LogP contribution in [0.2, 0.25) is 0 Å². The van der Waals surface area contributed by atoms with Crippen molar-refractivity contribution in [1.82, 2.24) is 4.90 Å². The molecule has 35 heavy (non-hydrogen) atoms. The molecule has 0 heterocycles. The third kappa shape index (κ3) is 6.43. The molecule has 2 aromatic rings. The van der Waals surface area contributed by atoms with E-state index in [1.165, 1.54) is 20.3 Å². The summed E-state index contributed by atoms with van der Waals surface area (Å²) in [5.41, 5.74) is 1.03. The molecule has 2 aromatic carbocycles. The van der Waals surface area contributed by atoms with Gasteiger partial charge >= 0.3 is 5.97 Å². The molecule has 192 valence electrons. The summed E-state index contributed by atoms with van der Waals surface area (Å²) in [7, 11) is 2.44. The van der Waals surface area contributed by atoms with E-state index in [0.717, 1.165) is 43.5 Å². The Kier molecular flexibility index (Phi) is 8.60. The van der Waals surface area contributed by atoms with Gasteiger partial charge in [-0.2, -0.15) is 0 Å². The highest BCUT2D eigenvalue weighted by Crippen LogP contribution is 2.51. The summed E-state index contributed by atoms with van der Waals surface area (Å²) in [6.07, 6.45) is 2.65. The van der Waals surface area contributed by atoms with Gasteiger partial charge in [-0.3, -0.25) is 4.72 Å². The van der Waals surface area contributed by atoms with Gasteiger partial charge in [0.15, 0.2) is 0 Å². The van der Waals surface area contributed by atoms with Crippen LogP contribution in [-0.2, 0) is 14.8 Å². The van der Waals surface area contributed by atoms with E-state index in [9.17, 15) is 17.6 Å². The van der Waals surface area contributed by atoms with Gasteiger partial charge < -0.3 is 19.7 Å². The number of carbonyl (C=O) groups excluding carboxylic acids is 1. The Morgan fingerprint density at radius 3 is 2.46 bits per heavy atom. The fraction of sp³-hybridized carbons (Fsp3) is 0.480. The zero-order valence-corrected chi connectivity index (χ0v) is 21.7. The van der Waals surface area contributed by atoms with E-state index in [1.54, 1.807) is 12.1 Å². The Hall–Kier alpha value is -2.85. The van der Waals surface area contributed by atoms with Crippen LogP contribution in [0.25, 0.3) is 0 Å². The number of hydrogen-bond donors (Lipinski definition) is 2. The molecule has 0 aromatic heterocycles. The number of halogens is 1. The van der Waals surface area contributed by atoms with Gasteiger partial charge in [-0.1, -0.05) is 13.0 Å². The average Bonchev–Trinajstić information content (AvgIpc) is 3.53. The second kappa shape index (κ2) is 11.3. The molecule has 8 nitrogen and oxygen atoms in total. The number of benzene rings is 2. The zero-order chi connectivity index (χ0) is 25.8. The number of carbonyl (C=O) groups is 1. The summed E-state index contributed by atoms with van der Waals surface area (Å²) in [6.45, 7) is 3.47. The van der Waals surface area contributed by atoms with Crippen molar-refractivity contribution >= 4 is 27.4 Å². The molecule has 0 bridgehead atoms. The molecule has 0 aliphatic heterocycles. The first kappa shape index (κ1) is 26.7. The number of rotatable bonds is 12. The lowest BCUT2D eigenvalue weighted by Gasteiger charge is -2.19. The lowest BCUT2D eigenvalue weighted by atomic mass is 10.0. The number of hydrogen-bond acceptors (Lipinski definition) is 7. The molecule has 1 saturated carbocycles. The van der Waals surface area contributed by atoms with Crippen molar-refractivity contribution in [3.8, 4) is 5.75 Å². The predicted octanol–water partition coefficient (Wildman–Crippen LogP) is 4.30. The summed E-state index contributed by atoms with van der Waals surface area (Å²) in [5.74, 6) is -0.292. The maximum Gasteiger partial charge on any atom is 0.343 e. The van der Waals surface area contributed by atoms with Crippen LogP contribution < -0.4 is 14.8 Å². The fourth-order valence-electron chi connectivity index (χ4n) is 4.11. The van der Waals surface area contributed by atoms with E-state index >= 15 is 0 Å². The minimum Gasteiger partial charge on any atom is -0.495 e. The Bertz CT molecular complexity index is 1170. The van der Waals surface area contributed by atoms with E-state index in [2.05, 4.69) is 21.9 Å². The molecule has 1 aliphatic carbocycles. The van der Waals surface area contributed by atoms with Gasteiger partial charge in [0.1, 0.15) is 22.0 Å². The molecule has 2 atom stereocenters. The normalized spacial score (nSPS) is 17.2. The first-order chi connectivity index (χ1) is 16.6. The Morgan fingerprint density at radius 2 is 1.86 bits per heavy atom. The number of nitrogens with one attached hydrogen (secondary N) is 2. The Morgan fingerprint density at radius 1 is 1.14 bits per heavy atom. The number of methoxy groups -OCH3 is 2. The van der Waals surface area contributed by atoms with Crippen molar-refractivity contribution in [1.29, 1.82) is 0 Å². The Labute approximate surface area is 206 Å². The zero-order valence-electron chi connectivity index (χ0n) is 20.9. The van der Waals surface area contributed by atoms with Crippen LogP contribution >= 0.6 is 0 Å². The highest BCUT2D eigenvalue weighted by atomic mass is 32.2. The van der Waals surface area contributed by atoms with Crippen molar-refractivity contribution in [2.45, 2.75) is 37.0 Å². The van der Waals surface area contributed by atoms with Crippen molar-refractivity contribution in [3.05, 3.63) is 47.3 Å². The quantitative estimate of drug-likeness (QED) is 0.327. The van der Waals surface area contributed by atoms with Crippen LogP contribution in [0.1, 0.15) is 48.0 Å². The number of anilines is 2. The molecule has 0 radical (unpaired) electrons. The molecular formula is C25H34FN3O5S. The second-order valence-electron chi connectivity index (χ2n) is 9.10. The fourth-order valence-corrected chi connectivity index (χ4v) is 5.34. The maximum atomic E-state index is 14.0. The average molecular weight is 508 g/mol. The van der Waals surface area contributed by atoms with E-state index < -0.39 is 21.8 Å². The van der Waals surface area contributed by atoms with Gasteiger partial charge in [0.2, 0.25) is 0 Å². The summed E-state index contributed by atoms with van der Waals surface area (Å²) >= 11 is 0. The third-order valence-corrected chi connectivity index (χ3v) is 7.54. The number of unbranched alkanes of at least 4 members (excludes halogenated alkanes) is 1. The van der Waals surface area contributed by atoms with Gasteiger partial charge in [0.25, 0.3) is 10.0 Å². The van der Waals surface area contributed by atoms with Crippen LogP contribution in [0.3, 0.4) is 0 Å². The topological polar surface area (TPSA) is 97.0 Å². The number of nitrogens with zero attached hydrogens (tertiary/aromatic N) is 1. The second-order valence-corrected chi connectivity index (χ2v) is 10.8. The van der Waals surface area contributed by atoms with Crippen molar-refractivity contribution in [2.75, 3.05) is 51.4 Å². The lowest BCUT2D eigenvalue weighted by Crippen LogP contribution is -2.19. The number of esters is 1. The summed E-state index contributed by atoms with van der Waals surface area (Å²) < 4.78 is 53.7. The smallest absolute Gasteiger partial charge is 0.343 e. The van der Waals surface area contributed by atoms with Crippen LogP contribution in [0.4, 0.5) is 15.8 Å². The standard InChI is InChI=1S/C25H34FN3O5S/c1-16-14-19(16)18-9-10-20(23(24(18)33-4)25(30)34-5)28-35(31,32)22-11-8-17(26)15-21(22)27-12-6-7-13-29(2)3/h8-11,15-16,19,27-28H,6-7,12-14H2,1-5H3. The van der Waals surface area contributed by atoms with E-state index in [0.29, 0.717) is 18.2 Å². The van der Waals surface area contributed by atoms with Gasteiger partial charge in [0.05, 0.1) is 25.6 Å². The molecule has 0 saturated heterocycles. The van der Waals surface area contributed by atoms with Gasteiger partial charge in [-0.25, -0.2) is 17.6 Å². The van der Waals surface area contributed by atoms with E-state index in [1.807, 2.05) is 14.1 Å². The molecule has 3 rings (SSSR count). The lowest BCUT2D eigenvalue weighted by molar-refractivity contribution is 0.0598. The minimum absolute atomic E-state index is 0.00970. The maximum absolute atomic E-state index is 14.0. The monoisotopic (exact) mass is 507 g/mol. The largest absolute Gasteiger partial charge is 0.495 e. The van der Waals surface area contributed by atoms with Gasteiger partial charge in [-0.15, -0.1) is 0 Å². The molecule has 1 aliphatic rings. The highest BCUT2D eigenvalue weighted by molar-refractivity contribution is 7.92. The summed E-state index contributed by atoms with van der Waals surface area (Å²) in [4.78, 5) is 14.6. The van der Waals surface area contributed by atoms with Crippen molar-refractivity contribution < 1.29 is 27.1 Å². The van der Waals surface area contributed by atoms with Crippen LogP contribution in [0.5, 0.6) is 5.75 Å². The molecule has 0 spiro atoms. The predicted molar refractivity (Wildman–Crippen MR) is 134 cm³/mol. The molecule has 0 amide bonds. The molecule has 2 unspecified atom stereocenters.